The fourth-order valence-electron chi connectivity index (χ4n) is 3.42. The van der Waals surface area contributed by atoms with Crippen molar-refractivity contribution in [1.29, 1.82) is 0 Å². The molecular weight excluding hydrogens is 319 g/mol. The van der Waals surface area contributed by atoms with E-state index < -0.39 is 6.29 Å². The van der Waals surface area contributed by atoms with Gasteiger partial charge in [0.2, 0.25) is 0 Å². The van der Waals surface area contributed by atoms with Crippen molar-refractivity contribution in [3.05, 3.63) is 65.2 Å². The highest BCUT2D eigenvalue weighted by Crippen LogP contribution is 2.30. The van der Waals surface area contributed by atoms with E-state index in [1.165, 1.54) is 5.56 Å². The van der Waals surface area contributed by atoms with E-state index in [-0.39, 0.29) is 17.8 Å². The lowest BCUT2D eigenvalue weighted by molar-refractivity contribution is -0.171. The SMILES string of the molecule is NCCCC1C=C([C@@H]2[C@@H](O)OCCN2Cc2ccccc2)C=C=C1F. The molecule has 0 radical (unpaired) electrons. The van der Waals surface area contributed by atoms with Gasteiger partial charge in [0.15, 0.2) is 6.29 Å². The largest absolute Gasteiger partial charge is 0.366 e. The van der Waals surface area contributed by atoms with Crippen molar-refractivity contribution in [3.63, 3.8) is 0 Å². The number of allylic oxidation sites excluding steroid dienone is 1. The topological polar surface area (TPSA) is 58.7 Å². The third-order valence-electron chi connectivity index (χ3n) is 4.72. The predicted octanol–water partition coefficient (Wildman–Crippen LogP) is 2.51. The lowest BCUT2D eigenvalue weighted by Crippen LogP contribution is -2.51. The summed E-state index contributed by atoms with van der Waals surface area (Å²) in [6.07, 6.45) is 3.99. The highest BCUT2D eigenvalue weighted by molar-refractivity contribution is 5.33. The summed E-state index contributed by atoms with van der Waals surface area (Å²) in [6.45, 7) is 2.42. The molecule has 134 valence electrons. The van der Waals surface area contributed by atoms with E-state index in [1.54, 1.807) is 6.08 Å². The highest BCUT2D eigenvalue weighted by Gasteiger charge is 2.34. The van der Waals surface area contributed by atoms with E-state index in [9.17, 15) is 9.50 Å². The molecule has 1 fully saturated rings. The number of aliphatic hydroxyl groups excluding tert-OH is 1. The van der Waals surface area contributed by atoms with E-state index in [1.807, 2.05) is 24.3 Å². The van der Waals surface area contributed by atoms with Crippen molar-refractivity contribution in [2.75, 3.05) is 19.7 Å². The number of nitrogens with two attached hydrogens (primary N) is 1. The van der Waals surface area contributed by atoms with Crippen molar-refractivity contribution < 1.29 is 14.2 Å². The van der Waals surface area contributed by atoms with Crippen LogP contribution >= 0.6 is 0 Å². The van der Waals surface area contributed by atoms with E-state index in [4.69, 9.17) is 10.5 Å². The molecule has 3 atom stereocenters. The Kier molecular flexibility index (Phi) is 6.19. The van der Waals surface area contributed by atoms with Crippen LogP contribution in [-0.2, 0) is 11.3 Å². The van der Waals surface area contributed by atoms with Crippen LogP contribution in [0, 0.1) is 5.92 Å². The van der Waals surface area contributed by atoms with Crippen LogP contribution in [0.4, 0.5) is 4.39 Å². The van der Waals surface area contributed by atoms with Crippen LogP contribution in [-0.4, -0.2) is 42.0 Å². The molecule has 1 saturated heterocycles. The summed E-state index contributed by atoms with van der Waals surface area (Å²) in [5.41, 5.74) is 10.3. The van der Waals surface area contributed by atoms with Crippen molar-refractivity contribution >= 4 is 0 Å². The fraction of sp³-hybridized carbons (Fsp3) is 0.450. The normalized spacial score (nSPS) is 27.1. The molecule has 1 aliphatic carbocycles. The Morgan fingerprint density at radius 1 is 1.32 bits per heavy atom. The monoisotopic (exact) mass is 344 g/mol. The van der Waals surface area contributed by atoms with Crippen LogP contribution in [0.1, 0.15) is 18.4 Å². The minimum atomic E-state index is -0.932. The Labute approximate surface area is 148 Å². The van der Waals surface area contributed by atoms with Gasteiger partial charge >= 0.3 is 0 Å². The number of morpholine rings is 1. The van der Waals surface area contributed by atoms with E-state index in [0.29, 0.717) is 32.7 Å². The van der Waals surface area contributed by atoms with Gasteiger partial charge in [-0.1, -0.05) is 42.1 Å². The molecule has 3 rings (SSSR count). The molecule has 3 N–H and O–H groups in total. The second kappa shape index (κ2) is 8.56. The third-order valence-corrected chi connectivity index (χ3v) is 4.72. The Balaban J connectivity index is 1.82. The predicted molar refractivity (Wildman–Crippen MR) is 95.2 cm³/mol. The van der Waals surface area contributed by atoms with Gasteiger partial charge in [0, 0.05) is 19.0 Å². The van der Waals surface area contributed by atoms with Crippen LogP contribution in [0.2, 0.25) is 0 Å². The first-order valence-electron chi connectivity index (χ1n) is 8.80. The maximum atomic E-state index is 14.0. The molecule has 1 aliphatic heterocycles. The minimum Gasteiger partial charge on any atom is -0.366 e. The first kappa shape index (κ1) is 18.1. The smallest absolute Gasteiger partial charge is 0.174 e. The van der Waals surface area contributed by atoms with Crippen molar-refractivity contribution in [2.45, 2.75) is 31.7 Å². The molecule has 0 saturated carbocycles. The van der Waals surface area contributed by atoms with Gasteiger partial charge in [-0.3, -0.25) is 4.90 Å². The van der Waals surface area contributed by atoms with Gasteiger partial charge in [-0.05, 0) is 36.6 Å². The van der Waals surface area contributed by atoms with Crippen LogP contribution in [0.3, 0.4) is 0 Å². The molecule has 0 aromatic heterocycles. The first-order chi connectivity index (χ1) is 12.2. The number of aliphatic hydroxyl groups is 1. The van der Waals surface area contributed by atoms with Crippen molar-refractivity contribution in [3.8, 4) is 0 Å². The second-order valence-electron chi connectivity index (χ2n) is 6.50. The Hall–Kier alpha value is -1.75. The van der Waals surface area contributed by atoms with Crippen LogP contribution in [0.15, 0.2) is 59.6 Å². The van der Waals surface area contributed by atoms with E-state index in [2.05, 4.69) is 22.8 Å². The molecule has 0 amide bonds. The molecule has 1 aromatic carbocycles. The van der Waals surface area contributed by atoms with E-state index >= 15 is 0 Å². The summed E-state index contributed by atoms with van der Waals surface area (Å²) in [6, 6.07) is 9.79. The van der Waals surface area contributed by atoms with Crippen LogP contribution in [0.5, 0.6) is 0 Å². The van der Waals surface area contributed by atoms with Gasteiger partial charge in [0.25, 0.3) is 0 Å². The molecule has 1 unspecified atom stereocenters. The second-order valence-corrected chi connectivity index (χ2v) is 6.50. The molecule has 1 heterocycles. The maximum absolute atomic E-state index is 14.0. The summed E-state index contributed by atoms with van der Waals surface area (Å²) >= 11 is 0. The number of hydrogen-bond donors (Lipinski definition) is 2. The molecule has 2 aliphatic rings. The van der Waals surface area contributed by atoms with Gasteiger partial charge in [0.1, 0.15) is 5.83 Å². The standard InChI is InChI=1S/C20H25FN2O2/c21-18-9-8-17(13-16(18)7-4-10-22)19-20(24)25-12-11-23(19)14-15-5-2-1-3-6-15/h1-3,5-6,8,13,16,19-20,24H,4,7,10-12,14,22H2/t16?,19-,20+/m1/s1. The fourth-order valence-corrected chi connectivity index (χ4v) is 3.42. The Morgan fingerprint density at radius 2 is 2.12 bits per heavy atom. The van der Waals surface area contributed by atoms with E-state index in [0.717, 1.165) is 12.0 Å². The summed E-state index contributed by atoms with van der Waals surface area (Å²) in [5, 5.41) is 10.4. The average molecular weight is 344 g/mol. The summed E-state index contributed by atoms with van der Waals surface area (Å²) in [4.78, 5) is 2.18. The molecule has 1 aromatic rings. The number of rotatable bonds is 6. The average Bonchev–Trinajstić information content (AvgIpc) is 2.62. The number of ether oxygens (including phenoxy) is 1. The van der Waals surface area contributed by atoms with Gasteiger partial charge in [-0.2, -0.15) is 0 Å². The van der Waals surface area contributed by atoms with Gasteiger partial charge in [-0.15, -0.1) is 0 Å². The Morgan fingerprint density at radius 3 is 2.88 bits per heavy atom. The van der Waals surface area contributed by atoms with Crippen LogP contribution < -0.4 is 5.73 Å². The van der Waals surface area contributed by atoms with Gasteiger partial charge in [-0.25, -0.2) is 4.39 Å². The molecular formula is C20H25FN2O2. The lowest BCUT2D eigenvalue weighted by atomic mass is 9.91. The molecule has 0 spiro atoms. The first-order valence-corrected chi connectivity index (χ1v) is 8.80. The van der Waals surface area contributed by atoms with Crippen molar-refractivity contribution in [2.24, 2.45) is 11.7 Å². The number of halogens is 1. The van der Waals surface area contributed by atoms with Gasteiger partial charge < -0.3 is 15.6 Å². The van der Waals surface area contributed by atoms with Crippen molar-refractivity contribution in [1.82, 2.24) is 4.90 Å². The van der Waals surface area contributed by atoms with Gasteiger partial charge in [0.05, 0.1) is 12.6 Å². The maximum Gasteiger partial charge on any atom is 0.174 e. The molecule has 0 bridgehead atoms. The summed E-state index contributed by atoms with van der Waals surface area (Å²) in [5.74, 6) is -0.589. The molecule has 4 nitrogen and oxygen atoms in total. The highest BCUT2D eigenvalue weighted by atomic mass is 19.1. The number of nitrogens with zero attached hydrogens (tertiary/aromatic N) is 1. The molecule has 5 heteroatoms. The minimum absolute atomic E-state index is 0.266. The third kappa shape index (κ3) is 4.46. The summed E-state index contributed by atoms with van der Waals surface area (Å²) < 4.78 is 19.5. The zero-order valence-corrected chi connectivity index (χ0v) is 14.3. The quantitative estimate of drug-likeness (QED) is 0.779. The number of benzene rings is 1. The number of hydrogen-bond acceptors (Lipinski definition) is 4. The zero-order chi connectivity index (χ0) is 17.6. The Bertz CT molecular complexity index is 668. The molecule has 25 heavy (non-hydrogen) atoms. The zero-order valence-electron chi connectivity index (χ0n) is 14.3. The lowest BCUT2D eigenvalue weighted by Gasteiger charge is -2.40. The van der Waals surface area contributed by atoms with Crippen LogP contribution in [0.25, 0.3) is 0 Å². The summed E-state index contributed by atoms with van der Waals surface area (Å²) in [7, 11) is 0.